The van der Waals surface area contributed by atoms with Crippen LogP contribution in [0.5, 0.6) is 23.0 Å². The highest BCUT2D eigenvalue weighted by Gasteiger charge is 2.37. The van der Waals surface area contributed by atoms with Crippen LogP contribution in [0.15, 0.2) is 72.8 Å². The van der Waals surface area contributed by atoms with Crippen molar-refractivity contribution in [1.82, 2.24) is 9.80 Å². The van der Waals surface area contributed by atoms with Gasteiger partial charge in [0.2, 0.25) is 0 Å². The Bertz CT molecular complexity index is 2030. The van der Waals surface area contributed by atoms with E-state index in [0.717, 1.165) is 98.8 Å². The topological polar surface area (TPSA) is 172 Å². The van der Waals surface area contributed by atoms with E-state index in [4.69, 9.17) is 18.9 Å². The predicted octanol–water partition coefficient (Wildman–Crippen LogP) is 8.12. The molecular formula is C54H76N4O8. The van der Waals surface area contributed by atoms with Gasteiger partial charge in [-0.3, -0.25) is 0 Å². The predicted molar refractivity (Wildman–Crippen MR) is 261 cm³/mol. The number of hydrogen-bond acceptors (Lipinski definition) is 12. The Morgan fingerprint density at radius 3 is 1.12 bits per heavy atom. The molecule has 0 unspecified atom stereocenters. The van der Waals surface area contributed by atoms with Crippen LogP contribution in [-0.4, -0.2) is 98.9 Å². The van der Waals surface area contributed by atoms with Gasteiger partial charge in [0.25, 0.3) is 0 Å². The standard InChI is InChI=1S/2C27H38N2O4/c2*1-20(2)27(19-28,24-9-8-22(17-30)23(16-24)18-31)12-6-13-29(3)14-11-21-7-10-25(32-4)26(15-21)33-5/h2*7-10,15-16,20,30-31H,6,11-14,17-18H2,1-5H3/t2*27-/m10/s1. The Morgan fingerprint density at radius 1 is 0.485 bits per heavy atom. The van der Waals surface area contributed by atoms with E-state index in [-0.39, 0.29) is 38.3 Å². The van der Waals surface area contributed by atoms with Crippen molar-refractivity contribution in [3.63, 3.8) is 0 Å². The first-order valence-corrected chi connectivity index (χ1v) is 23.0. The van der Waals surface area contributed by atoms with E-state index < -0.39 is 10.8 Å². The van der Waals surface area contributed by atoms with Gasteiger partial charge in [0.15, 0.2) is 23.0 Å². The molecule has 0 bridgehead atoms. The second-order valence-corrected chi connectivity index (χ2v) is 17.8. The minimum Gasteiger partial charge on any atom is -0.493 e. The molecule has 0 amide bonds. The summed E-state index contributed by atoms with van der Waals surface area (Å²) in [6, 6.07) is 28.5. The molecule has 4 N–H and O–H groups in total. The number of rotatable bonds is 26. The fourth-order valence-corrected chi connectivity index (χ4v) is 8.63. The highest BCUT2D eigenvalue weighted by molar-refractivity contribution is 5.44. The first-order chi connectivity index (χ1) is 31.7. The molecule has 0 aromatic heterocycles. The van der Waals surface area contributed by atoms with Crippen molar-refractivity contribution in [3.05, 3.63) is 117 Å². The van der Waals surface area contributed by atoms with Gasteiger partial charge in [-0.25, -0.2) is 0 Å². The van der Waals surface area contributed by atoms with Crippen LogP contribution in [0.2, 0.25) is 0 Å². The monoisotopic (exact) mass is 909 g/mol. The summed E-state index contributed by atoms with van der Waals surface area (Å²) in [6.07, 6.45) is 5.00. The summed E-state index contributed by atoms with van der Waals surface area (Å²) in [5.74, 6) is 3.17. The smallest absolute Gasteiger partial charge is 0.160 e. The molecule has 0 radical (unpaired) electrons. The van der Waals surface area contributed by atoms with Gasteiger partial charge in [0.1, 0.15) is 0 Å². The molecule has 0 spiro atoms. The molecule has 0 aliphatic heterocycles. The van der Waals surface area contributed by atoms with Gasteiger partial charge in [-0.15, -0.1) is 0 Å². The summed E-state index contributed by atoms with van der Waals surface area (Å²) < 4.78 is 21.4. The molecule has 12 nitrogen and oxygen atoms in total. The molecule has 4 aromatic carbocycles. The summed E-state index contributed by atoms with van der Waals surface area (Å²) in [5, 5.41) is 58.8. The van der Waals surface area contributed by atoms with Crippen molar-refractivity contribution in [1.29, 1.82) is 10.5 Å². The molecule has 4 rings (SSSR count). The molecule has 0 aliphatic rings. The van der Waals surface area contributed by atoms with Crippen molar-refractivity contribution in [2.75, 3.05) is 68.7 Å². The first-order valence-electron chi connectivity index (χ1n) is 23.0. The van der Waals surface area contributed by atoms with E-state index in [1.807, 2.05) is 60.7 Å². The average molecular weight is 909 g/mol. The molecule has 66 heavy (non-hydrogen) atoms. The summed E-state index contributed by atoms with van der Waals surface area (Å²) in [5.41, 5.74) is 5.69. The van der Waals surface area contributed by atoms with Gasteiger partial charge in [0, 0.05) is 13.1 Å². The molecular weight excluding hydrogens is 833 g/mol. The van der Waals surface area contributed by atoms with Crippen LogP contribution < -0.4 is 18.9 Å². The Kier molecular flexibility index (Phi) is 22.9. The Balaban J connectivity index is 0.000000350. The van der Waals surface area contributed by atoms with Crippen molar-refractivity contribution >= 4 is 0 Å². The van der Waals surface area contributed by atoms with Crippen LogP contribution in [0, 0.1) is 34.5 Å². The third-order valence-electron chi connectivity index (χ3n) is 13.2. The number of nitriles is 2. The normalized spacial score (nSPS) is 13.1. The van der Waals surface area contributed by atoms with Gasteiger partial charge in [0.05, 0.1) is 77.8 Å². The van der Waals surface area contributed by atoms with Gasteiger partial charge in [-0.1, -0.05) is 76.2 Å². The summed E-state index contributed by atoms with van der Waals surface area (Å²) in [4.78, 5) is 4.57. The maximum atomic E-state index is 10.2. The van der Waals surface area contributed by atoms with Gasteiger partial charge in [-0.05, 0) is 146 Å². The Morgan fingerprint density at radius 2 is 0.833 bits per heavy atom. The van der Waals surface area contributed by atoms with Crippen LogP contribution in [0.3, 0.4) is 0 Å². The molecule has 12 heteroatoms. The highest BCUT2D eigenvalue weighted by atomic mass is 16.5. The lowest BCUT2D eigenvalue weighted by Gasteiger charge is -2.32. The van der Waals surface area contributed by atoms with Crippen LogP contribution in [-0.2, 0) is 50.1 Å². The molecule has 4 aromatic rings. The van der Waals surface area contributed by atoms with Crippen LogP contribution >= 0.6 is 0 Å². The fourth-order valence-electron chi connectivity index (χ4n) is 8.63. The minimum absolute atomic E-state index is 0.117. The minimum atomic E-state index is -0.637. The lowest BCUT2D eigenvalue weighted by atomic mass is 9.69. The summed E-state index contributed by atoms with van der Waals surface area (Å²) in [6.45, 7) is 11.3. The van der Waals surface area contributed by atoms with Crippen LogP contribution in [0.4, 0.5) is 0 Å². The number of ether oxygens (including phenoxy) is 4. The zero-order chi connectivity index (χ0) is 48.9. The number of hydrogen-bond donors (Lipinski definition) is 4. The third kappa shape index (κ3) is 14.4. The summed E-state index contributed by atoms with van der Waals surface area (Å²) in [7, 11) is 10.8. The molecule has 0 aliphatic carbocycles. The van der Waals surface area contributed by atoms with Crippen molar-refractivity contribution in [3.8, 4) is 35.1 Å². The summed E-state index contributed by atoms with van der Waals surface area (Å²) >= 11 is 0. The second kappa shape index (κ2) is 27.5. The number of benzene rings is 4. The molecule has 0 fully saturated rings. The van der Waals surface area contributed by atoms with Crippen molar-refractivity contribution in [2.45, 2.75) is 103 Å². The van der Waals surface area contributed by atoms with E-state index in [2.05, 4.69) is 75.9 Å². The van der Waals surface area contributed by atoms with E-state index >= 15 is 0 Å². The Labute approximate surface area is 394 Å². The molecule has 0 saturated carbocycles. The maximum Gasteiger partial charge on any atom is 0.160 e. The van der Waals surface area contributed by atoms with E-state index in [9.17, 15) is 30.9 Å². The second-order valence-electron chi connectivity index (χ2n) is 17.8. The zero-order valence-electron chi connectivity index (χ0n) is 41.2. The number of aliphatic hydroxyl groups excluding tert-OH is 4. The quantitative estimate of drug-likeness (QED) is 0.0478. The molecule has 360 valence electrons. The van der Waals surface area contributed by atoms with Crippen LogP contribution in [0.25, 0.3) is 0 Å². The molecule has 0 saturated heterocycles. The maximum absolute atomic E-state index is 10.2. The number of aliphatic hydroxyl groups is 4. The number of likely N-dealkylation sites (N-methyl/N-ethyl adjacent to an activating group) is 2. The first kappa shape index (κ1) is 55.1. The average Bonchev–Trinajstić information content (AvgIpc) is 3.34. The molecule has 2 atom stereocenters. The third-order valence-corrected chi connectivity index (χ3v) is 13.2. The van der Waals surface area contributed by atoms with Gasteiger partial charge >= 0.3 is 0 Å². The van der Waals surface area contributed by atoms with E-state index in [1.54, 1.807) is 28.4 Å². The van der Waals surface area contributed by atoms with Crippen molar-refractivity contribution < 1.29 is 39.4 Å². The molecule has 0 heterocycles. The largest absolute Gasteiger partial charge is 0.493 e. The van der Waals surface area contributed by atoms with Gasteiger partial charge in [-0.2, -0.15) is 10.5 Å². The van der Waals surface area contributed by atoms with E-state index in [0.29, 0.717) is 22.3 Å². The van der Waals surface area contributed by atoms with Gasteiger partial charge < -0.3 is 49.2 Å². The lowest BCUT2D eigenvalue weighted by molar-refractivity contribution is 0.259. The fraction of sp³-hybridized carbons (Fsp3) is 0.519. The zero-order valence-corrected chi connectivity index (χ0v) is 41.2. The SMILES string of the molecule is COc1ccc(CCN(C)CCC[C@@](C#N)(c2ccc(CO)c(CO)c2)C(C)C)cc1OC.COc1ccc(CCN(C)CCC[C@](C#N)(c2ccc(CO)c(CO)c2)C(C)C)cc1OC. The highest BCUT2D eigenvalue weighted by Crippen LogP contribution is 2.39. The van der Waals surface area contributed by atoms with Crippen LogP contribution in [0.1, 0.15) is 97.9 Å². The Hall–Kier alpha value is -5.18. The van der Waals surface area contributed by atoms with Crippen molar-refractivity contribution in [2.24, 2.45) is 11.8 Å². The number of nitrogens with zero attached hydrogens (tertiary/aromatic N) is 4. The lowest BCUT2D eigenvalue weighted by Crippen LogP contribution is -2.33. The number of methoxy groups -OCH3 is 4. The van der Waals surface area contributed by atoms with E-state index in [1.165, 1.54) is 11.1 Å².